The maximum absolute atomic E-state index is 13.6. The highest BCUT2D eigenvalue weighted by Gasteiger charge is 2.25. The van der Waals surface area contributed by atoms with E-state index >= 15 is 0 Å². The average Bonchev–Trinajstić information content (AvgIpc) is 3.30. The standard InChI is InChI=1S/C27H33FN4O4/c1-6-31(17-18-8-10-20(28)11-9-18)12-13-32(7-2)26(34)22-15-21-19(14-23(22)36-5)16-29-24(21)25(33)27(35)30(3)4/h8-11,14-16,29H,6-7,12-13,17H2,1-5H3. The minimum absolute atomic E-state index is 0.139. The molecule has 36 heavy (non-hydrogen) atoms. The van der Waals surface area contributed by atoms with Crippen LogP contribution in [0.5, 0.6) is 5.75 Å². The topological polar surface area (TPSA) is 86.0 Å². The number of hydrogen-bond acceptors (Lipinski definition) is 5. The van der Waals surface area contributed by atoms with E-state index in [1.165, 1.54) is 38.2 Å². The predicted octanol–water partition coefficient (Wildman–Crippen LogP) is 3.57. The van der Waals surface area contributed by atoms with Gasteiger partial charge in [-0.3, -0.25) is 19.3 Å². The van der Waals surface area contributed by atoms with Crippen LogP contribution in [-0.4, -0.2) is 84.7 Å². The molecule has 0 saturated carbocycles. The van der Waals surface area contributed by atoms with Gasteiger partial charge >= 0.3 is 0 Å². The molecule has 0 radical (unpaired) electrons. The van der Waals surface area contributed by atoms with Gasteiger partial charge in [0.2, 0.25) is 0 Å². The Balaban J connectivity index is 1.83. The molecule has 0 aliphatic rings. The zero-order chi connectivity index (χ0) is 26.4. The van der Waals surface area contributed by atoms with Gasteiger partial charge in [0.05, 0.1) is 12.7 Å². The molecule has 0 unspecified atom stereocenters. The van der Waals surface area contributed by atoms with E-state index in [1.807, 2.05) is 13.8 Å². The van der Waals surface area contributed by atoms with Crippen LogP contribution in [0, 0.1) is 5.82 Å². The smallest absolute Gasteiger partial charge is 0.296 e. The highest BCUT2D eigenvalue weighted by atomic mass is 19.1. The van der Waals surface area contributed by atoms with Crippen LogP contribution in [0.4, 0.5) is 4.39 Å². The molecule has 0 spiro atoms. The summed E-state index contributed by atoms with van der Waals surface area (Å²) in [7, 11) is 4.51. The van der Waals surface area contributed by atoms with E-state index in [9.17, 15) is 18.8 Å². The number of carbonyl (C=O) groups excluding carboxylic acids is 3. The van der Waals surface area contributed by atoms with Gasteiger partial charge in [-0.2, -0.15) is 0 Å². The number of Topliss-reactive ketones (excluding diaryl/α,β-unsaturated/α-hetero) is 1. The van der Waals surface area contributed by atoms with Crippen molar-refractivity contribution in [1.82, 2.24) is 19.7 Å². The molecule has 2 amide bonds. The highest BCUT2D eigenvalue weighted by Crippen LogP contribution is 2.29. The van der Waals surface area contributed by atoms with E-state index < -0.39 is 11.7 Å². The van der Waals surface area contributed by atoms with Crippen LogP contribution in [0.2, 0.25) is 0 Å². The minimum atomic E-state index is -0.676. The third-order valence-electron chi connectivity index (χ3n) is 6.19. The number of hydrogen-bond donors (Lipinski definition) is 1. The van der Waals surface area contributed by atoms with Crippen LogP contribution in [0.1, 0.15) is 40.3 Å². The summed E-state index contributed by atoms with van der Waals surface area (Å²) in [6.07, 6.45) is 1.62. The van der Waals surface area contributed by atoms with E-state index in [-0.39, 0.29) is 17.4 Å². The number of rotatable bonds is 11. The Labute approximate surface area is 210 Å². The Morgan fingerprint density at radius 1 is 1.00 bits per heavy atom. The lowest BCUT2D eigenvalue weighted by molar-refractivity contribution is -0.124. The minimum Gasteiger partial charge on any atom is -0.496 e. The van der Waals surface area contributed by atoms with Crippen molar-refractivity contribution in [3.63, 3.8) is 0 Å². The number of H-pyrrole nitrogens is 1. The van der Waals surface area contributed by atoms with Crippen molar-refractivity contribution < 1.29 is 23.5 Å². The number of aromatic nitrogens is 1. The first-order valence-electron chi connectivity index (χ1n) is 11.9. The average molecular weight is 497 g/mol. The lowest BCUT2D eigenvalue weighted by atomic mass is 10.0. The molecule has 2 aromatic carbocycles. The van der Waals surface area contributed by atoms with Crippen molar-refractivity contribution in [3.8, 4) is 5.75 Å². The van der Waals surface area contributed by atoms with Crippen molar-refractivity contribution in [2.45, 2.75) is 20.4 Å². The van der Waals surface area contributed by atoms with Gasteiger partial charge in [0, 0.05) is 57.2 Å². The number of ether oxygens (including phenoxy) is 1. The molecule has 192 valence electrons. The summed E-state index contributed by atoms with van der Waals surface area (Å²) in [5.41, 5.74) is 1.45. The number of aromatic amines is 1. The zero-order valence-corrected chi connectivity index (χ0v) is 21.4. The van der Waals surface area contributed by atoms with Crippen LogP contribution in [0.3, 0.4) is 0 Å². The van der Waals surface area contributed by atoms with Gasteiger partial charge in [0.15, 0.2) is 0 Å². The number of methoxy groups -OCH3 is 1. The van der Waals surface area contributed by atoms with E-state index in [2.05, 4.69) is 9.88 Å². The van der Waals surface area contributed by atoms with E-state index in [4.69, 9.17) is 4.74 Å². The first-order valence-corrected chi connectivity index (χ1v) is 11.9. The molecule has 3 aromatic rings. The van der Waals surface area contributed by atoms with Crippen LogP contribution >= 0.6 is 0 Å². The monoisotopic (exact) mass is 496 g/mol. The third kappa shape index (κ3) is 5.91. The normalized spacial score (nSPS) is 11.1. The maximum atomic E-state index is 13.6. The fraction of sp³-hybridized carbons (Fsp3) is 0.370. The summed E-state index contributed by atoms with van der Waals surface area (Å²) in [5.74, 6) is -1.44. The molecule has 1 heterocycles. The maximum Gasteiger partial charge on any atom is 0.296 e. The second-order valence-electron chi connectivity index (χ2n) is 8.71. The van der Waals surface area contributed by atoms with Crippen LogP contribution in [0.15, 0.2) is 42.6 Å². The van der Waals surface area contributed by atoms with Gasteiger partial charge in [-0.05, 0) is 43.3 Å². The Hall–Kier alpha value is -3.72. The van der Waals surface area contributed by atoms with Gasteiger partial charge in [0.25, 0.3) is 17.6 Å². The Bertz CT molecular complexity index is 1240. The fourth-order valence-electron chi connectivity index (χ4n) is 4.03. The van der Waals surface area contributed by atoms with Crippen molar-refractivity contribution in [3.05, 3.63) is 65.2 Å². The Kier molecular flexibility index (Phi) is 8.82. The number of nitrogens with one attached hydrogen (secondary N) is 1. The largest absolute Gasteiger partial charge is 0.496 e. The lowest BCUT2D eigenvalue weighted by Gasteiger charge is -2.27. The van der Waals surface area contributed by atoms with Crippen LogP contribution < -0.4 is 4.74 Å². The number of halogens is 1. The molecule has 0 saturated heterocycles. The molecular weight excluding hydrogens is 463 g/mol. The van der Waals surface area contributed by atoms with Crippen molar-refractivity contribution in [1.29, 1.82) is 0 Å². The summed E-state index contributed by atoms with van der Waals surface area (Å²) in [5, 5.41) is 1.15. The summed E-state index contributed by atoms with van der Waals surface area (Å²) >= 11 is 0. The molecule has 0 atom stereocenters. The lowest BCUT2D eigenvalue weighted by Crippen LogP contribution is -2.38. The molecule has 0 aliphatic carbocycles. The molecule has 1 aromatic heterocycles. The van der Waals surface area contributed by atoms with E-state index in [0.717, 1.165) is 12.1 Å². The number of benzene rings is 2. The van der Waals surface area contributed by atoms with Crippen LogP contribution in [0.25, 0.3) is 10.8 Å². The molecule has 3 rings (SSSR count). The predicted molar refractivity (Wildman–Crippen MR) is 137 cm³/mol. The van der Waals surface area contributed by atoms with E-state index in [0.29, 0.717) is 48.3 Å². The number of carbonyl (C=O) groups is 3. The second kappa shape index (κ2) is 11.8. The molecule has 1 N–H and O–H groups in total. The van der Waals surface area contributed by atoms with Gasteiger partial charge < -0.3 is 19.5 Å². The second-order valence-corrected chi connectivity index (χ2v) is 8.71. The van der Waals surface area contributed by atoms with Crippen molar-refractivity contribution in [2.75, 3.05) is 47.4 Å². The Morgan fingerprint density at radius 3 is 2.28 bits per heavy atom. The number of nitrogens with zero attached hydrogens (tertiary/aromatic N) is 3. The first kappa shape index (κ1) is 26.9. The molecule has 0 bridgehead atoms. The van der Waals surface area contributed by atoms with Gasteiger partial charge in [-0.25, -0.2) is 4.39 Å². The SMILES string of the molecule is CCN(CCN(CC)C(=O)c1cc2c(C(=O)C(=O)N(C)C)[nH]cc2cc1OC)Cc1ccc(F)cc1. The third-order valence-corrected chi connectivity index (χ3v) is 6.19. The van der Waals surface area contributed by atoms with Crippen LogP contribution in [-0.2, 0) is 11.3 Å². The van der Waals surface area contributed by atoms with Crippen molar-refractivity contribution in [2.24, 2.45) is 0 Å². The highest BCUT2D eigenvalue weighted by molar-refractivity contribution is 6.44. The molecule has 0 fully saturated rings. The van der Waals surface area contributed by atoms with Gasteiger partial charge in [-0.1, -0.05) is 19.1 Å². The quantitative estimate of drug-likeness (QED) is 0.324. The fourth-order valence-corrected chi connectivity index (χ4v) is 4.03. The number of amides is 2. The summed E-state index contributed by atoms with van der Waals surface area (Å²) in [6, 6.07) is 9.72. The molecule has 0 aliphatic heterocycles. The molecule has 8 nitrogen and oxygen atoms in total. The van der Waals surface area contributed by atoms with Gasteiger partial charge in [0.1, 0.15) is 17.3 Å². The Morgan fingerprint density at radius 2 is 1.69 bits per heavy atom. The zero-order valence-electron chi connectivity index (χ0n) is 21.4. The summed E-state index contributed by atoms with van der Waals surface area (Å²) in [6.45, 7) is 6.94. The number of likely N-dealkylation sites (N-methyl/N-ethyl adjacent to an activating group) is 3. The number of fused-ring (bicyclic) bond motifs is 1. The summed E-state index contributed by atoms with van der Waals surface area (Å²) < 4.78 is 18.7. The number of ketones is 1. The summed E-state index contributed by atoms with van der Waals surface area (Å²) in [4.78, 5) is 46.5. The van der Waals surface area contributed by atoms with Crippen molar-refractivity contribution >= 4 is 28.4 Å². The molecular formula is C27H33FN4O4. The van der Waals surface area contributed by atoms with Gasteiger partial charge in [-0.15, -0.1) is 0 Å². The van der Waals surface area contributed by atoms with E-state index in [1.54, 1.807) is 35.4 Å². The molecule has 9 heteroatoms. The first-order chi connectivity index (χ1) is 17.2.